The molecule has 0 unspecified atom stereocenters. The van der Waals surface area contributed by atoms with E-state index in [1.807, 2.05) is 0 Å². The summed E-state index contributed by atoms with van der Waals surface area (Å²) in [6.45, 7) is 0. The number of rotatable bonds is 0. The Morgan fingerprint density at radius 3 is 2.69 bits per heavy atom. The summed E-state index contributed by atoms with van der Waals surface area (Å²) in [4.78, 5) is 12.6. The van der Waals surface area contributed by atoms with Crippen LogP contribution in [0.1, 0.15) is 5.56 Å². The molecule has 1 aromatic carbocycles. The Bertz CT molecular complexity index is 487. The third-order valence-electron chi connectivity index (χ3n) is 2.24. The molecule has 2 rings (SSSR count). The zero-order chi connectivity index (χ0) is 11.9. The molecule has 0 fully saturated rings. The van der Waals surface area contributed by atoms with E-state index in [1.165, 1.54) is 11.9 Å². The van der Waals surface area contributed by atoms with Crippen LogP contribution in [0.25, 0.3) is 0 Å². The lowest BCUT2D eigenvalue weighted by molar-refractivity contribution is 0.249. The molecular formula is C9H10N2O3S2. The van der Waals surface area contributed by atoms with Gasteiger partial charge in [0.25, 0.3) is 5.24 Å². The quantitative estimate of drug-likeness (QED) is 0.626. The van der Waals surface area contributed by atoms with Crippen molar-refractivity contribution < 1.29 is 13.9 Å². The average molecular weight is 258 g/mol. The molecular weight excluding hydrogens is 248 g/mol. The van der Waals surface area contributed by atoms with Crippen molar-refractivity contribution in [3.63, 3.8) is 0 Å². The summed E-state index contributed by atoms with van der Waals surface area (Å²) in [6.07, 6.45) is 0. The van der Waals surface area contributed by atoms with Crippen LogP contribution in [-0.4, -0.2) is 32.1 Å². The lowest BCUT2D eigenvalue weighted by Gasteiger charge is -2.22. The topological polar surface area (TPSA) is 73.1 Å². The zero-order valence-corrected chi connectivity index (χ0v) is 10.1. The van der Waals surface area contributed by atoms with Gasteiger partial charge in [0.15, 0.2) is 5.84 Å². The number of carbonyl (C=O) groups excluding carboxylic acids is 1. The SMILES string of the molecule is CN(C(=O)S)C1=NS(O)(O)c2ccccc21. The summed E-state index contributed by atoms with van der Waals surface area (Å²) in [5, 5.41) is -0.509. The first-order valence-electron chi connectivity index (χ1n) is 4.37. The minimum Gasteiger partial charge on any atom is -0.289 e. The Labute approximate surface area is 99.7 Å². The highest BCUT2D eigenvalue weighted by atomic mass is 32.3. The van der Waals surface area contributed by atoms with E-state index in [1.54, 1.807) is 24.3 Å². The summed E-state index contributed by atoms with van der Waals surface area (Å²) in [5.41, 5.74) is 0.549. The largest absolute Gasteiger partial charge is 0.289 e. The highest BCUT2D eigenvalue weighted by Crippen LogP contribution is 2.55. The number of benzene rings is 1. The molecule has 1 amide bonds. The predicted octanol–water partition coefficient (Wildman–Crippen LogP) is 2.45. The van der Waals surface area contributed by atoms with Crippen molar-refractivity contribution in [3.05, 3.63) is 29.8 Å². The standard InChI is InChI=1S/C9H10N2O3S2/c1-11(9(12)15)8-6-4-2-3-5-7(6)16(13,14)10-8/h2-5,13-14H,1H3,(H,12,15). The fourth-order valence-corrected chi connectivity index (χ4v) is 2.81. The van der Waals surface area contributed by atoms with Crippen molar-refractivity contribution in [2.45, 2.75) is 4.90 Å². The highest BCUT2D eigenvalue weighted by Gasteiger charge is 2.32. The number of hydrogen-bond acceptors (Lipinski definition) is 4. The number of nitrogens with zero attached hydrogens (tertiary/aromatic N) is 2. The minimum atomic E-state index is -3.17. The molecule has 1 aromatic rings. The second-order valence-corrected chi connectivity index (χ2v) is 5.31. The van der Waals surface area contributed by atoms with Crippen molar-refractivity contribution in [3.8, 4) is 0 Å². The van der Waals surface area contributed by atoms with Gasteiger partial charge in [0.1, 0.15) is 0 Å². The van der Waals surface area contributed by atoms with Gasteiger partial charge in [-0.25, -0.2) is 0 Å². The van der Waals surface area contributed by atoms with Crippen LogP contribution in [-0.2, 0) is 0 Å². The number of carbonyl (C=O) groups is 1. The molecule has 0 spiro atoms. The number of amides is 1. The van der Waals surface area contributed by atoms with E-state index in [0.29, 0.717) is 10.5 Å². The first-order valence-corrected chi connectivity index (χ1v) is 6.33. The van der Waals surface area contributed by atoms with Gasteiger partial charge in [-0.2, -0.15) is 0 Å². The van der Waals surface area contributed by atoms with E-state index in [-0.39, 0.29) is 5.84 Å². The van der Waals surface area contributed by atoms with Crippen LogP contribution in [0.4, 0.5) is 4.79 Å². The van der Waals surface area contributed by atoms with Gasteiger partial charge < -0.3 is 0 Å². The third-order valence-corrected chi connectivity index (χ3v) is 3.92. The van der Waals surface area contributed by atoms with Gasteiger partial charge in [0, 0.05) is 12.6 Å². The van der Waals surface area contributed by atoms with E-state index < -0.39 is 16.0 Å². The Morgan fingerprint density at radius 2 is 2.06 bits per heavy atom. The second-order valence-electron chi connectivity index (χ2n) is 3.27. The third kappa shape index (κ3) is 1.71. The number of hydrogen-bond donors (Lipinski definition) is 3. The van der Waals surface area contributed by atoms with Crippen molar-refractivity contribution >= 4 is 34.5 Å². The van der Waals surface area contributed by atoms with Gasteiger partial charge >= 0.3 is 0 Å². The van der Waals surface area contributed by atoms with Crippen LogP contribution in [0.3, 0.4) is 0 Å². The van der Waals surface area contributed by atoms with E-state index >= 15 is 0 Å². The Hall–Kier alpha value is -1.02. The number of fused-ring (bicyclic) bond motifs is 1. The molecule has 86 valence electrons. The molecule has 2 N–H and O–H groups in total. The van der Waals surface area contributed by atoms with Gasteiger partial charge in [0.05, 0.1) is 4.90 Å². The van der Waals surface area contributed by atoms with E-state index in [0.717, 1.165) is 0 Å². The molecule has 0 aromatic heterocycles. The smallest absolute Gasteiger partial charge is 0.283 e. The fourth-order valence-electron chi connectivity index (χ4n) is 1.44. The Balaban J connectivity index is 2.55. The summed E-state index contributed by atoms with van der Waals surface area (Å²) < 4.78 is 23.2. The van der Waals surface area contributed by atoms with Gasteiger partial charge in [-0.15, -0.1) is 4.40 Å². The first-order chi connectivity index (χ1) is 7.43. The molecule has 0 bridgehead atoms. The maximum Gasteiger partial charge on any atom is 0.283 e. The summed E-state index contributed by atoms with van der Waals surface area (Å²) in [7, 11) is -1.70. The summed E-state index contributed by atoms with van der Waals surface area (Å²) >= 11 is 3.67. The molecule has 7 heteroatoms. The van der Waals surface area contributed by atoms with Crippen LogP contribution in [0.2, 0.25) is 0 Å². The van der Waals surface area contributed by atoms with Gasteiger partial charge in [-0.3, -0.25) is 18.8 Å². The van der Waals surface area contributed by atoms with Crippen LogP contribution < -0.4 is 0 Å². The maximum absolute atomic E-state index is 11.1. The number of thiol groups is 1. The normalized spacial score (nSPS) is 18.6. The predicted molar refractivity (Wildman–Crippen MR) is 66.2 cm³/mol. The van der Waals surface area contributed by atoms with E-state index in [4.69, 9.17) is 0 Å². The van der Waals surface area contributed by atoms with Gasteiger partial charge in [0.2, 0.25) is 0 Å². The molecule has 0 saturated heterocycles. The first kappa shape index (κ1) is 11.5. The fraction of sp³-hybridized carbons (Fsp3) is 0.111. The lowest BCUT2D eigenvalue weighted by Crippen LogP contribution is -2.28. The molecule has 0 atom stereocenters. The highest BCUT2D eigenvalue weighted by molar-refractivity contribution is 8.23. The van der Waals surface area contributed by atoms with Crippen molar-refractivity contribution in [2.24, 2.45) is 4.40 Å². The van der Waals surface area contributed by atoms with Crippen molar-refractivity contribution in [1.29, 1.82) is 0 Å². The molecule has 5 nitrogen and oxygen atoms in total. The van der Waals surface area contributed by atoms with Gasteiger partial charge in [-0.1, -0.05) is 35.5 Å². The zero-order valence-electron chi connectivity index (χ0n) is 8.36. The molecule has 16 heavy (non-hydrogen) atoms. The second kappa shape index (κ2) is 3.77. The van der Waals surface area contributed by atoms with Crippen LogP contribution >= 0.6 is 23.4 Å². The van der Waals surface area contributed by atoms with Crippen LogP contribution in [0.5, 0.6) is 0 Å². The molecule has 0 aliphatic carbocycles. The summed E-state index contributed by atoms with van der Waals surface area (Å²) in [5.74, 6) is 0.232. The Kier molecular flexibility index (Phi) is 2.70. The Morgan fingerprint density at radius 1 is 1.44 bits per heavy atom. The molecule has 0 radical (unpaired) electrons. The summed E-state index contributed by atoms with van der Waals surface area (Å²) in [6, 6.07) is 6.70. The van der Waals surface area contributed by atoms with Crippen LogP contribution in [0.15, 0.2) is 33.6 Å². The molecule has 1 aliphatic heterocycles. The minimum absolute atomic E-state index is 0.232. The van der Waals surface area contributed by atoms with Crippen molar-refractivity contribution in [2.75, 3.05) is 7.05 Å². The monoisotopic (exact) mass is 258 g/mol. The van der Waals surface area contributed by atoms with Gasteiger partial charge in [-0.05, 0) is 12.1 Å². The lowest BCUT2D eigenvalue weighted by atomic mass is 10.2. The molecule has 1 aliphatic rings. The van der Waals surface area contributed by atoms with E-state index in [9.17, 15) is 13.9 Å². The molecule has 1 heterocycles. The molecule has 0 saturated carbocycles. The van der Waals surface area contributed by atoms with Crippen LogP contribution in [0, 0.1) is 0 Å². The number of amidine groups is 1. The van der Waals surface area contributed by atoms with Crippen molar-refractivity contribution in [1.82, 2.24) is 4.90 Å². The maximum atomic E-state index is 11.1. The van der Waals surface area contributed by atoms with E-state index in [2.05, 4.69) is 17.0 Å². The average Bonchev–Trinajstić information content (AvgIpc) is 2.51.